The molecule has 12 nitrogen and oxygen atoms in total. The monoisotopic (exact) mass is 1770 g/mol. The van der Waals surface area contributed by atoms with E-state index in [1.807, 2.05) is 0 Å². The first-order valence-electron chi connectivity index (χ1n) is 53.8. The summed E-state index contributed by atoms with van der Waals surface area (Å²) in [6.07, 6.45) is 119. The van der Waals surface area contributed by atoms with Crippen molar-refractivity contribution >= 4 is 84.5 Å². The van der Waals surface area contributed by atoms with Gasteiger partial charge in [-0.05, 0) is 77.0 Å². The molecule has 0 saturated heterocycles. The third kappa shape index (κ3) is 162. The van der Waals surface area contributed by atoms with Gasteiger partial charge in [0, 0.05) is 35.8 Å². The first-order chi connectivity index (χ1) is 58.6. The molecule has 0 heterocycles. The second-order valence-corrected chi connectivity index (χ2v) is 36.4. The van der Waals surface area contributed by atoms with E-state index in [1.165, 1.54) is 501 Å². The van der Waals surface area contributed by atoms with Crippen LogP contribution < -0.4 is 30.6 Å². The number of hydrogen-bond donors (Lipinski definition) is 0. The second kappa shape index (κ2) is 132. The van der Waals surface area contributed by atoms with Gasteiger partial charge in [-0.2, -0.15) is 0 Å². The maximum atomic E-state index is 10.2. The Morgan fingerprint density at radius 2 is 0.164 bits per heavy atom. The van der Waals surface area contributed by atoms with Gasteiger partial charge in [-0.1, -0.05) is 581 Å². The van der Waals surface area contributed by atoms with Crippen LogP contribution in [0.3, 0.4) is 0 Å². The van der Waals surface area contributed by atoms with E-state index in [1.54, 1.807) is 0 Å². The van der Waals surface area contributed by atoms with E-state index < -0.39 is 35.8 Å². The standard InChI is InChI=1S/6C18H36O2.Ca.Si/c6*1-2-3-4-5-6-7-8-9-10-11-12-13-14-15-16-17-18(19)20;;/h6*2-17H2,1H3,(H,19,20);;/q;;;;;;+2;+4/p-6. The number of carbonyl (C=O) groups is 6. The third-order valence-electron chi connectivity index (χ3n) is 23.9. The summed E-state index contributed by atoms with van der Waals surface area (Å²) in [7, 11) is 0. The van der Waals surface area contributed by atoms with Crippen LogP contribution in [0.1, 0.15) is 658 Å². The van der Waals surface area contributed by atoms with Crippen LogP contribution in [0.15, 0.2) is 0 Å². The maximum absolute atomic E-state index is 10.2. The van der Waals surface area contributed by atoms with Crippen LogP contribution in [-0.2, 0) is 28.8 Å². The van der Waals surface area contributed by atoms with Crippen molar-refractivity contribution in [2.24, 2.45) is 0 Å². The predicted octanol–water partition coefficient (Wildman–Crippen LogP) is 29.2. The zero-order chi connectivity index (χ0) is 89.3. The number of carboxylic acids is 6. The van der Waals surface area contributed by atoms with Crippen LogP contribution in [0.5, 0.6) is 0 Å². The van der Waals surface area contributed by atoms with Gasteiger partial charge in [0.2, 0.25) is 0 Å². The van der Waals surface area contributed by atoms with E-state index in [0.29, 0.717) is 0 Å². The van der Waals surface area contributed by atoms with Gasteiger partial charge in [0.25, 0.3) is 0 Å². The number of carboxylic acid groups (broad SMARTS) is 6. The van der Waals surface area contributed by atoms with E-state index in [2.05, 4.69) is 41.5 Å². The Morgan fingerprint density at radius 3 is 0.213 bits per heavy atom. The van der Waals surface area contributed by atoms with Gasteiger partial charge >= 0.3 is 48.7 Å². The quantitative estimate of drug-likeness (QED) is 0.0408. The average Bonchev–Trinajstić information content (AvgIpc) is 1.20. The molecule has 0 aliphatic carbocycles. The summed E-state index contributed by atoms with van der Waals surface area (Å²) in [6.45, 7) is 13.6. The Hall–Kier alpha value is -1.70. The van der Waals surface area contributed by atoms with E-state index in [9.17, 15) is 59.4 Å². The average molecular weight is 1770 g/mol. The topological polar surface area (TPSA) is 241 Å². The van der Waals surface area contributed by atoms with Gasteiger partial charge in [-0.3, -0.25) is 0 Å². The first-order valence-corrected chi connectivity index (χ1v) is 53.8. The summed E-state index contributed by atoms with van der Waals surface area (Å²) in [6, 6.07) is 0. The zero-order valence-corrected chi connectivity index (χ0v) is 86.2. The van der Waals surface area contributed by atoms with Gasteiger partial charge < -0.3 is 59.4 Å². The van der Waals surface area contributed by atoms with Gasteiger partial charge in [-0.15, -0.1) is 0 Å². The van der Waals surface area contributed by atoms with Crippen molar-refractivity contribution in [2.75, 3.05) is 0 Å². The minimum Gasteiger partial charge on any atom is -0.550 e. The summed E-state index contributed by atoms with van der Waals surface area (Å²) in [5.41, 5.74) is 0. The molecule has 14 heteroatoms. The van der Waals surface area contributed by atoms with Crippen LogP contribution in [0.2, 0.25) is 0 Å². The molecule has 0 aromatic carbocycles. The number of carbonyl (C=O) groups excluding carboxylic acids is 6. The van der Waals surface area contributed by atoms with Gasteiger partial charge in [-0.25, -0.2) is 0 Å². The van der Waals surface area contributed by atoms with Crippen LogP contribution >= 0.6 is 0 Å². The summed E-state index contributed by atoms with van der Waals surface area (Å²) in [4.78, 5) is 61.3. The summed E-state index contributed by atoms with van der Waals surface area (Å²) in [5.74, 6) is -5.42. The molecule has 0 amide bonds. The molecule has 0 N–H and O–H groups in total. The van der Waals surface area contributed by atoms with E-state index >= 15 is 0 Å². The van der Waals surface area contributed by atoms with Crippen molar-refractivity contribution in [3.8, 4) is 0 Å². The van der Waals surface area contributed by atoms with Crippen LogP contribution in [0.25, 0.3) is 0 Å². The van der Waals surface area contributed by atoms with Crippen molar-refractivity contribution in [2.45, 2.75) is 658 Å². The minimum absolute atomic E-state index is 0. The van der Waals surface area contributed by atoms with Crippen molar-refractivity contribution in [1.29, 1.82) is 0 Å². The zero-order valence-electron chi connectivity index (χ0n) is 83.0. The Balaban J connectivity index is -0.000000212. The molecule has 0 fully saturated rings. The van der Waals surface area contributed by atoms with Gasteiger partial charge in [0.05, 0.1) is 0 Å². The number of aliphatic carboxylic acids is 6. The SMILES string of the molecule is CCCCCCCCCCCCCCCCCC(=O)[O-].CCCCCCCCCCCCCCCCCC(=O)[O-].CCCCCCCCCCCCCCCCCC(=O)[O-].CCCCCCCCCCCCCCCCCC(=O)[O-].CCCCCCCCCCCCCCCCCC(=O)[O-].CCCCCCCCCCCCCCCCCC(=O)[O-].[Ca+2].[Si+4]. The van der Waals surface area contributed by atoms with E-state index in [0.717, 1.165) is 77.0 Å². The van der Waals surface area contributed by atoms with Crippen molar-refractivity contribution < 1.29 is 59.4 Å². The van der Waals surface area contributed by atoms with Crippen LogP contribution in [-0.4, -0.2) is 84.5 Å². The summed E-state index contributed by atoms with van der Waals surface area (Å²) < 4.78 is 0. The molecule has 0 atom stereocenters. The number of hydrogen-bond acceptors (Lipinski definition) is 12. The molecular formula is C108H210CaO12Si. The molecule has 0 saturated carbocycles. The van der Waals surface area contributed by atoms with Crippen molar-refractivity contribution in [1.82, 2.24) is 0 Å². The normalized spacial score (nSPS) is 10.7. The van der Waals surface area contributed by atoms with Gasteiger partial charge in [0.1, 0.15) is 0 Å². The van der Waals surface area contributed by atoms with Crippen LogP contribution in [0, 0.1) is 0 Å². The predicted molar refractivity (Wildman–Crippen MR) is 519 cm³/mol. The molecule has 0 aromatic heterocycles. The van der Waals surface area contributed by atoms with Crippen molar-refractivity contribution in [3.63, 3.8) is 0 Å². The fourth-order valence-electron chi connectivity index (χ4n) is 15.8. The van der Waals surface area contributed by atoms with Crippen LogP contribution in [0.4, 0.5) is 0 Å². The Bertz CT molecular complexity index is 1570. The molecular weight excluding hydrogens is 1560 g/mol. The molecule has 0 spiro atoms. The Labute approximate surface area is 795 Å². The summed E-state index contributed by atoms with van der Waals surface area (Å²) in [5, 5.41) is 61.3. The molecule has 0 aromatic rings. The minimum atomic E-state index is -0.903. The van der Waals surface area contributed by atoms with E-state index in [4.69, 9.17) is 0 Å². The maximum Gasteiger partial charge on any atom is 4.00 e. The fourth-order valence-corrected chi connectivity index (χ4v) is 15.8. The first kappa shape index (κ1) is 136. The number of rotatable bonds is 96. The largest absolute Gasteiger partial charge is 4.00 e. The number of unbranched alkanes of at least 4 members (excludes halogenated alkanes) is 84. The van der Waals surface area contributed by atoms with Gasteiger partial charge in [0.15, 0.2) is 0 Å². The molecule has 0 aliphatic rings. The fraction of sp³-hybridized carbons (Fsp3) is 0.944. The Kier molecular flexibility index (Phi) is 147. The molecule has 720 valence electrons. The third-order valence-corrected chi connectivity index (χ3v) is 23.9. The smallest absolute Gasteiger partial charge is 0.550 e. The Morgan fingerprint density at radius 1 is 0.115 bits per heavy atom. The molecule has 0 unspecified atom stereocenters. The molecule has 0 radical (unpaired) electrons. The molecule has 0 bridgehead atoms. The molecule has 0 aliphatic heterocycles. The summed E-state index contributed by atoms with van der Waals surface area (Å²) >= 11 is 0. The van der Waals surface area contributed by atoms with Crippen molar-refractivity contribution in [3.05, 3.63) is 0 Å². The van der Waals surface area contributed by atoms with E-state index in [-0.39, 0.29) is 87.2 Å². The molecule has 122 heavy (non-hydrogen) atoms. The second-order valence-electron chi connectivity index (χ2n) is 36.4. The molecule has 0 rings (SSSR count).